The molecule has 0 aliphatic heterocycles. The van der Waals surface area contributed by atoms with E-state index in [1.54, 1.807) is 18.2 Å². The number of halogens is 1. The highest BCUT2D eigenvalue weighted by molar-refractivity contribution is 9.10. The Labute approximate surface area is 145 Å². The molecule has 0 bridgehead atoms. The molecule has 0 aliphatic rings. The average molecular weight is 377 g/mol. The van der Waals surface area contributed by atoms with Crippen molar-refractivity contribution >= 4 is 21.9 Å². The van der Waals surface area contributed by atoms with Gasteiger partial charge in [-0.3, -0.25) is 0 Å². The Morgan fingerprint density at radius 3 is 2.52 bits per heavy atom. The first-order valence-corrected chi connectivity index (χ1v) is 8.23. The summed E-state index contributed by atoms with van der Waals surface area (Å²) < 4.78 is 6.94. The summed E-state index contributed by atoms with van der Waals surface area (Å²) >= 11 is 3.58. The molecule has 0 spiro atoms. The van der Waals surface area contributed by atoms with E-state index in [1.807, 2.05) is 12.1 Å². The smallest absolute Gasteiger partial charge is 0.335 e. The standard InChI is InChI=1S/C19H21BrO3/c1-12-8-15(19(2,3)4)17(16(20)9-12)23-11-13-6-5-7-14(10-13)18(21)22/h5-10H,11H2,1-4H3,(H,21,22). The number of carboxylic acids is 1. The predicted molar refractivity (Wildman–Crippen MR) is 95.3 cm³/mol. The number of aromatic carboxylic acids is 1. The quantitative estimate of drug-likeness (QED) is 0.783. The maximum atomic E-state index is 11.1. The van der Waals surface area contributed by atoms with Crippen molar-refractivity contribution in [3.8, 4) is 5.75 Å². The number of hydrogen-bond donors (Lipinski definition) is 1. The molecule has 2 rings (SSSR count). The topological polar surface area (TPSA) is 46.5 Å². The molecule has 0 aliphatic carbocycles. The van der Waals surface area contributed by atoms with E-state index >= 15 is 0 Å². The van der Waals surface area contributed by atoms with Gasteiger partial charge >= 0.3 is 5.97 Å². The van der Waals surface area contributed by atoms with Gasteiger partial charge < -0.3 is 9.84 Å². The van der Waals surface area contributed by atoms with Crippen LogP contribution in [0.5, 0.6) is 5.75 Å². The van der Waals surface area contributed by atoms with Gasteiger partial charge in [-0.2, -0.15) is 0 Å². The lowest BCUT2D eigenvalue weighted by atomic mass is 9.85. The zero-order chi connectivity index (χ0) is 17.2. The summed E-state index contributed by atoms with van der Waals surface area (Å²) in [5, 5.41) is 9.07. The molecule has 1 N–H and O–H groups in total. The summed E-state index contributed by atoms with van der Waals surface area (Å²) in [6.45, 7) is 8.82. The zero-order valence-electron chi connectivity index (χ0n) is 13.8. The van der Waals surface area contributed by atoms with Crippen molar-refractivity contribution in [3.63, 3.8) is 0 Å². The van der Waals surface area contributed by atoms with E-state index in [-0.39, 0.29) is 11.0 Å². The third-order valence-corrected chi connectivity index (χ3v) is 4.14. The Bertz CT molecular complexity index is 730. The van der Waals surface area contributed by atoms with Crippen LogP contribution in [0, 0.1) is 6.92 Å². The van der Waals surface area contributed by atoms with E-state index in [9.17, 15) is 4.79 Å². The summed E-state index contributed by atoms with van der Waals surface area (Å²) in [7, 11) is 0. The molecule has 0 fully saturated rings. The molecule has 3 nitrogen and oxygen atoms in total. The lowest BCUT2D eigenvalue weighted by Crippen LogP contribution is -2.14. The number of rotatable bonds is 4. The second-order valence-electron chi connectivity index (χ2n) is 6.67. The molecule has 4 heteroatoms. The van der Waals surface area contributed by atoms with Crippen LogP contribution >= 0.6 is 15.9 Å². The van der Waals surface area contributed by atoms with Crippen LogP contribution in [0.4, 0.5) is 0 Å². The normalized spacial score (nSPS) is 11.3. The molecule has 0 saturated heterocycles. The summed E-state index contributed by atoms with van der Waals surface area (Å²) in [6, 6.07) is 11.0. The Hall–Kier alpha value is -1.81. The molecule has 23 heavy (non-hydrogen) atoms. The number of benzene rings is 2. The first kappa shape index (κ1) is 17.5. The van der Waals surface area contributed by atoms with Crippen molar-refractivity contribution in [1.29, 1.82) is 0 Å². The van der Waals surface area contributed by atoms with Crippen molar-refractivity contribution in [1.82, 2.24) is 0 Å². The maximum absolute atomic E-state index is 11.1. The first-order valence-electron chi connectivity index (χ1n) is 7.44. The van der Waals surface area contributed by atoms with E-state index in [2.05, 4.69) is 49.7 Å². The van der Waals surface area contributed by atoms with Gasteiger partial charge in [-0.1, -0.05) is 39.0 Å². The summed E-state index contributed by atoms with van der Waals surface area (Å²) in [5.74, 6) is -0.123. The van der Waals surface area contributed by atoms with Gasteiger partial charge in [0.1, 0.15) is 12.4 Å². The fraction of sp³-hybridized carbons (Fsp3) is 0.316. The minimum atomic E-state index is -0.932. The monoisotopic (exact) mass is 376 g/mol. The van der Waals surface area contributed by atoms with Gasteiger partial charge in [0.2, 0.25) is 0 Å². The Morgan fingerprint density at radius 1 is 1.22 bits per heavy atom. The molecule has 0 atom stereocenters. The maximum Gasteiger partial charge on any atom is 0.335 e. The highest BCUT2D eigenvalue weighted by Gasteiger charge is 2.21. The summed E-state index contributed by atoms with van der Waals surface area (Å²) in [6.07, 6.45) is 0. The predicted octanol–water partition coefficient (Wildman–Crippen LogP) is 5.33. The third-order valence-electron chi connectivity index (χ3n) is 3.55. The molecule has 0 unspecified atom stereocenters. The van der Waals surface area contributed by atoms with Crippen LogP contribution in [0.25, 0.3) is 0 Å². The van der Waals surface area contributed by atoms with Gasteiger partial charge in [0.15, 0.2) is 0 Å². The van der Waals surface area contributed by atoms with Crippen molar-refractivity contribution in [2.75, 3.05) is 0 Å². The van der Waals surface area contributed by atoms with E-state index in [0.717, 1.165) is 21.3 Å². The fourth-order valence-corrected chi connectivity index (χ4v) is 3.07. The zero-order valence-corrected chi connectivity index (χ0v) is 15.4. The number of carboxylic acid groups (broad SMARTS) is 1. The van der Waals surface area contributed by atoms with Gasteiger partial charge in [0, 0.05) is 5.56 Å². The van der Waals surface area contributed by atoms with Gasteiger partial charge in [-0.05, 0) is 57.6 Å². The average Bonchev–Trinajstić information content (AvgIpc) is 2.45. The van der Waals surface area contributed by atoms with Crippen molar-refractivity contribution in [3.05, 3.63) is 63.1 Å². The van der Waals surface area contributed by atoms with Crippen LogP contribution in [-0.2, 0) is 12.0 Å². The lowest BCUT2D eigenvalue weighted by molar-refractivity contribution is 0.0696. The van der Waals surface area contributed by atoms with Gasteiger partial charge in [0.25, 0.3) is 0 Å². The van der Waals surface area contributed by atoms with E-state index < -0.39 is 5.97 Å². The highest BCUT2D eigenvalue weighted by Crippen LogP contribution is 2.38. The minimum Gasteiger partial charge on any atom is -0.487 e. The van der Waals surface area contributed by atoms with E-state index in [0.29, 0.717) is 6.61 Å². The fourth-order valence-electron chi connectivity index (χ4n) is 2.38. The molecule has 2 aromatic rings. The third kappa shape index (κ3) is 4.35. The van der Waals surface area contributed by atoms with E-state index in [1.165, 1.54) is 5.56 Å². The van der Waals surface area contributed by atoms with Gasteiger partial charge in [0.05, 0.1) is 10.0 Å². The SMILES string of the molecule is Cc1cc(Br)c(OCc2cccc(C(=O)O)c2)c(C(C)(C)C)c1. The lowest BCUT2D eigenvalue weighted by Gasteiger charge is -2.24. The number of carbonyl (C=O) groups is 1. The van der Waals surface area contributed by atoms with Crippen LogP contribution < -0.4 is 4.74 Å². The van der Waals surface area contributed by atoms with Crippen LogP contribution in [0.3, 0.4) is 0 Å². The molecule has 0 heterocycles. The van der Waals surface area contributed by atoms with Crippen molar-refractivity contribution in [2.24, 2.45) is 0 Å². The van der Waals surface area contributed by atoms with Crippen molar-refractivity contribution < 1.29 is 14.6 Å². The molecular formula is C19H21BrO3. The van der Waals surface area contributed by atoms with Crippen molar-refractivity contribution in [2.45, 2.75) is 39.7 Å². The summed E-state index contributed by atoms with van der Waals surface area (Å²) in [5.41, 5.74) is 3.34. The second kappa shape index (κ2) is 6.75. The molecule has 0 aromatic heterocycles. The molecule has 0 saturated carbocycles. The Kier molecular flexibility index (Phi) is 5.15. The van der Waals surface area contributed by atoms with Crippen LogP contribution in [0.2, 0.25) is 0 Å². The van der Waals surface area contributed by atoms with Crippen LogP contribution in [-0.4, -0.2) is 11.1 Å². The van der Waals surface area contributed by atoms with Gasteiger partial charge in [-0.15, -0.1) is 0 Å². The molecule has 0 amide bonds. The molecular weight excluding hydrogens is 356 g/mol. The molecule has 2 aromatic carbocycles. The highest BCUT2D eigenvalue weighted by atomic mass is 79.9. The number of hydrogen-bond acceptors (Lipinski definition) is 2. The Morgan fingerprint density at radius 2 is 1.91 bits per heavy atom. The van der Waals surface area contributed by atoms with Gasteiger partial charge in [-0.25, -0.2) is 4.79 Å². The number of aryl methyl sites for hydroxylation is 1. The van der Waals surface area contributed by atoms with Crippen LogP contribution in [0.15, 0.2) is 40.9 Å². The molecule has 122 valence electrons. The van der Waals surface area contributed by atoms with E-state index in [4.69, 9.17) is 9.84 Å². The number of ether oxygens (including phenoxy) is 1. The first-order chi connectivity index (χ1) is 10.7. The summed E-state index contributed by atoms with van der Waals surface area (Å²) in [4.78, 5) is 11.1. The second-order valence-corrected chi connectivity index (χ2v) is 7.52. The van der Waals surface area contributed by atoms with Crippen LogP contribution in [0.1, 0.15) is 47.8 Å². The Balaban J connectivity index is 2.30. The molecule has 0 radical (unpaired) electrons. The minimum absolute atomic E-state index is 0.0488. The largest absolute Gasteiger partial charge is 0.487 e.